The number of hydrogen-bond acceptors (Lipinski definition) is 5. The van der Waals surface area contributed by atoms with Gasteiger partial charge >= 0.3 is 11.9 Å². The average Bonchev–Trinajstić information content (AvgIpc) is 2.54. The predicted molar refractivity (Wildman–Crippen MR) is 92.9 cm³/mol. The summed E-state index contributed by atoms with van der Waals surface area (Å²) in [6.07, 6.45) is 2.77. The van der Waals surface area contributed by atoms with Crippen molar-refractivity contribution in [3.05, 3.63) is 47.8 Å². The van der Waals surface area contributed by atoms with E-state index < -0.39 is 14.0 Å². The van der Waals surface area contributed by atoms with Crippen molar-refractivity contribution in [2.45, 2.75) is 25.7 Å². The smallest absolute Gasteiger partial charge is 0.338 e. The Labute approximate surface area is 141 Å². The van der Waals surface area contributed by atoms with Crippen molar-refractivity contribution in [3.63, 3.8) is 0 Å². The summed E-state index contributed by atoms with van der Waals surface area (Å²) in [4.78, 5) is 31.2. The number of carbonyl (C=O) groups is 2. The SMILES string of the molecule is C[Si](C)(C)CCOC(=O)c1ccnc(-c2ccc(C(=O)O)cn2)c1. The summed E-state index contributed by atoms with van der Waals surface area (Å²) >= 11 is 0. The highest BCUT2D eigenvalue weighted by molar-refractivity contribution is 6.76. The Morgan fingerprint density at radius 3 is 2.42 bits per heavy atom. The highest BCUT2D eigenvalue weighted by atomic mass is 28.3. The van der Waals surface area contributed by atoms with Gasteiger partial charge in [0, 0.05) is 20.5 Å². The third-order valence-corrected chi connectivity index (χ3v) is 5.06. The van der Waals surface area contributed by atoms with Crippen LogP contribution in [-0.2, 0) is 4.74 Å². The molecule has 0 aliphatic rings. The number of esters is 1. The van der Waals surface area contributed by atoms with Gasteiger partial charge in [-0.1, -0.05) is 19.6 Å². The minimum atomic E-state index is -1.25. The van der Waals surface area contributed by atoms with Crippen LogP contribution in [0.5, 0.6) is 0 Å². The Bertz CT molecular complexity index is 739. The molecule has 0 amide bonds. The van der Waals surface area contributed by atoms with Crippen molar-refractivity contribution in [1.82, 2.24) is 9.97 Å². The van der Waals surface area contributed by atoms with E-state index in [1.807, 2.05) is 0 Å². The van der Waals surface area contributed by atoms with Gasteiger partial charge in [-0.25, -0.2) is 9.59 Å². The van der Waals surface area contributed by atoms with E-state index in [2.05, 4.69) is 29.6 Å². The number of pyridine rings is 2. The number of carboxylic acid groups (broad SMARTS) is 1. The molecule has 0 radical (unpaired) electrons. The first-order chi connectivity index (χ1) is 11.3. The number of aromatic nitrogens is 2. The molecule has 0 atom stereocenters. The third kappa shape index (κ3) is 4.99. The quantitative estimate of drug-likeness (QED) is 0.638. The molecule has 2 heterocycles. The molecule has 126 valence electrons. The van der Waals surface area contributed by atoms with Crippen LogP contribution < -0.4 is 0 Å². The van der Waals surface area contributed by atoms with Crippen molar-refractivity contribution < 1.29 is 19.4 Å². The Hall–Kier alpha value is -2.54. The average molecular weight is 344 g/mol. The normalized spacial score (nSPS) is 11.1. The fourth-order valence-electron chi connectivity index (χ4n) is 1.90. The summed E-state index contributed by atoms with van der Waals surface area (Å²) < 4.78 is 5.32. The molecule has 0 bridgehead atoms. The van der Waals surface area contributed by atoms with Crippen molar-refractivity contribution in [3.8, 4) is 11.4 Å². The molecule has 0 saturated heterocycles. The van der Waals surface area contributed by atoms with E-state index >= 15 is 0 Å². The minimum Gasteiger partial charge on any atom is -0.478 e. The molecule has 2 aromatic rings. The van der Waals surface area contributed by atoms with Crippen LogP contribution in [0.1, 0.15) is 20.7 Å². The van der Waals surface area contributed by atoms with E-state index in [1.165, 1.54) is 18.5 Å². The number of nitrogens with zero attached hydrogens (tertiary/aromatic N) is 2. The number of ether oxygens (including phenoxy) is 1. The zero-order valence-corrected chi connectivity index (χ0v) is 14.9. The van der Waals surface area contributed by atoms with Gasteiger partial charge in [-0.3, -0.25) is 9.97 Å². The van der Waals surface area contributed by atoms with Crippen LogP contribution in [0.15, 0.2) is 36.7 Å². The first kappa shape index (κ1) is 17.8. The largest absolute Gasteiger partial charge is 0.478 e. The molecule has 0 unspecified atom stereocenters. The van der Waals surface area contributed by atoms with Gasteiger partial charge < -0.3 is 9.84 Å². The van der Waals surface area contributed by atoms with Gasteiger partial charge in [-0.15, -0.1) is 0 Å². The highest BCUT2D eigenvalue weighted by Gasteiger charge is 2.15. The lowest BCUT2D eigenvalue weighted by molar-refractivity contribution is 0.0524. The molecule has 6 nitrogen and oxygen atoms in total. The Balaban J connectivity index is 2.10. The van der Waals surface area contributed by atoms with Gasteiger partial charge in [0.05, 0.1) is 29.1 Å². The second kappa shape index (κ2) is 7.35. The number of aromatic carboxylic acids is 1. The van der Waals surface area contributed by atoms with E-state index in [0.29, 0.717) is 23.6 Å². The van der Waals surface area contributed by atoms with Crippen LogP contribution in [0.4, 0.5) is 0 Å². The van der Waals surface area contributed by atoms with Crippen molar-refractivity contribution in [1.29, 1.82) is 0 Å². The minimum absolute atomic E-state index is 0.0978. The summed E-state index contributed by atoms with van der Waals surface area (Å²) in [6.45, 7) is 7.07. The van der Waals surface area contributed by atoms with E-state index in [0.717, 1.165) is 6.04 Å². The standard InChI is InChI=1S/C17H20N2O4Si/c1-24(2,3)9-8-23-17(22)12-6-7-18-15(10-12)14-5-4-13(11-19-14)16(20)21/h4-7,10-11H,8-9H2,1-3H3,(H,20,21). The van der Waals surface area contributed by atoms with Crippen LogP contribution >= 0.6 is 0 Å². The fourth-order valence-corrected chi connectivity index (χ4v) is 2.62. The number of hydrogen-bond donors (Lipinski definition) is 1. The Morgan fingerprint density at radius 2 is 1.83 bits per heavy atom. The lowest BCUT2D eigenvalue weighted by Crippen LogP contribution is -2.22. The number of rotatable bonds is 6. The second-order valence-electron chi connectivity index (χ2n) is 6.61. The van der Waals surface area contributed by atoms with Gasteiger partial charge in [0.15, 0.2) is 0 Å². The molecule has 0 spiro atoms. The van der Waals surface area contributed by atoms with E-state index in [-0.39, 0.29) is 11.5 Å². The topological polar surface area (TPSA) is 89.4 Å². The summed E-state index contributed by atoms with van der Waals surface area (Å²) in [6, 6.07) is 7.11. The second-order valence-corrected chi connectivity index (χ2v) is 12.2. The van der Waals surface area contributed by atoms with Crippen molar-refractivity contribution in [2.75, 3.05) is 6.61 Å². The molecule has 7 heteroatoms. The van der Waals surface area contributed by atoms with Crippen LogP contribution in [0, 0.1) is 0 Å². The third-order valence-electron chi connectivity index (χ3n) is 3.35. The molecule has 0 aromatic carbocycles. The zero-order valence-electron chi connectivity index (χ0n) is 13.9. The Morgan fingerprint density at radius 1 is 1.08 bits per heavy atom. The first-order valence-electron chi connectivity index (χ1n) is 7.59. The first-order valence-corrected chi connectivity index (χ1v) is 11.3. The highest BCUT2D eigenvalue weighted by Crippen LogP contribution is 2.17. The fraction of sp³-hybridized carbons (Fsp3) is 0.294. The van der Waals surface area contributed by atoms with Crippen LogP contribution in [0.25, 0.3) is 11.4 Å². The Kier molecular flexibility index (Phi) is 5.45. The summed E-state index contributed by atoms with van der Waals surface area (Å²) in [5.74, 6) is -1.43. The molecule has 0 aliphatic heterocycles. The van der Waals surface area contributed by atoms with Gasteiger partial charge in [-0.05, 0) is 30.3 Å². The molecule has 0 aliphatic carbocycles. The maximum Gasteiger partial charge on any atom is 0.338 e. The van der Waals surface area contributed by atoms with Crippen LogP contribution in [-0.4, -0.2) is 41.7 Å². The van der Waals surface area contributed by atoms with Crippen molar-refractivity contribution >= 4 is 20.0 Å². The van der Waals surface area contributed by atoms with E-state index in [4.69, 9.17) is 9.84 Å². The van der Waals surface area contributed by atoms with Gasteiger partial charge in [0.25, 0.3) is 0 Å². The maximum atomic E-state index is 12.1. The molecular weight excluding hydrogens is 324 g/mol. The van der Waals surface area contributed by atoms with E-state index in [9.17, 15) is 9.59 Å². The zero-order chi connectivity index (χ0) is 17.7. The lowest BCUT2D eigenvalue weighted by atomic mass is 10.1. The molecule has 0 fully saturated rings. The molecule has 24 heavy (non-hydrogen) atoms. The number of carboxylic acids is 1. The van der Waals surface area contributed by atoms with E-state index in [1.54, 1.807) is 18.2 Å². The maximum absolute atomic E-state index is 12.1. The van der Waals surface area contributed by atoms with Crippen LogP contribution in [0.2, 0.25) is 25.7 Å². The molecule has 2 aromatic heterocycles. The summed E-state index contributed by atoms with van der Waals surface area (Å²) in [5.41, 5.74) is 1.49. The van der Waals surface area contributed by atoms with Gasteiger partial charge in [0.1, 0.15) is 0 Å². The lowest BCUT2D eigenvalue weighted by Gasteiger charge is -2.15. The molecule has 1 N–H and O–H groups in total. The van der Waals surface area contributed by atoms with Gasteiger partial charge in [-0.2, -0.15) is 0 Å². The molecular formula is C17H20N2O4Si. The van der Waals surface area contributed by atoms with Gasteiger partial charge in [0.2, 0.25) is 0 Å². The number of carbonyl (C=O) groups excluding carboxylic acids is 1. The van der Waals surface area contributed by atoms with Crippen molar-refractivity contribution in [2.24, 2.45) is 0 Å². The monoisotopic (exact) mass is 344 g/mol. The summed E-state index contributed by atoms with van der Waals surface area (Å²) in [7, 11) is -1.25. The molecule has 0 saturated carbocycles. The predicted octanol–water partition coefficient (Wildman–Crippen LogP) is 3.34. The van der Waals surface area contributed by atoms with Crippen LogP contribution in [0.3, 0.4) is 0 Å². The molecule has 2 rings (SSSR count). The summed E-state index contributed by atoms with van der Waals surface area (Å²) in [5, 5.41) is 8.89.